The Bertz CT molecular complexity index is 360. The minimum absolute atomic E-state index is 0.00748. The Hall–Kier alpha value is -0.690. The summed E-state index contributed by atoms with van der Waals surface area (Å²) in [5.74, 6) is 0.243. The van der Waals surface area contributed by atoms with Gasteiger partial charge in [-0.05, 0) is 45.3 Å². The molecule has 2 atom stereocenters. The molecule has 3 fully saturated rings. The second kappa shape index (κ2) is 7.05. The number of carbonyl (C=O) groups is 1. The lowest BCUT2D eigenvalue weighted by Crippen LogP contribution is -2.55. The van der Waals surface area contributed by atoms with Crippen LogP contribution in [0.4, 0.5) is 0 Å². The summed E-state index contributed by atoms with van der Waals surface area (Å²) in [6.07, 6.45) is 4.17. The fourth-order valence-corrected chi connectivity index (χ4v) is 3.87. The van der Waals surface area contributed by atoms with Crippen molar-refractivity contribution in [3.05, 3.63) is 0 Å². The number of carbonyl (C=O) groups excluding carboxylic acids is 1. The average molecular weight is 297 g/mol. The maximum absolute atomic E-state index is 12.8. The predicted octanol–water partition coefficient (Wildman–Crippen LogP) is -0.577. The van der Waals surface area contributed by atoms with E-state index >= 15 is 0 Å². The highest BCUT2D eigenvalue weighted by atomic mass is 16.5. The molecule has 0 spiro atoms. The first-order valence-corrected chi connectivity index (χ1v) is 8.27. The Morgan fingerprint density at radius 1 is 1.24 bits per heavy atom. The van der Waals surface area contributed by atoms with Crippen LogP contribution in [0.1, 0.15) is 25.7 Å². The highest BCUT2D eigenvalue weighted by Crippen LogP contribution is 2.26. The number of hydrogen-bond acceptors (Lipinski definition) is 5. The molecule has 3 rings (SSSR count). The summed E-state index contributed by atoms with van der Waals surface area (Å²) >= 11 is 0. The lowest BCUT2D eigenvalue weighted by molar-refractivity contribution is -0.145. The number of aliphatic hydroxyl groups excluding tert-OH is 1. The first-order valence-electron chi connectivity index (χ1n) is 8.27. The molecule has 2 unspecified atom stereocenters. The van der Waals surface area contributed by atoms with Gasteiger partial charge >= 0.3 is 0 Å². The fourth-order valence-electron chi connectivity index (χ4n) is 3.87. The molecule has 3 saturated heterocycles. The van der Waals surface area contributed by atoms with Crippen molar-refractivity contribution in [3.63, 3.8) is 0 Å². The standard InChI is InChI=1S/C15H27N3O3/c19-11-13-10-17(8-9-21-13)15(20)14-2-1-7-18(14)12-3-5-16-6-4-12/h12-14,16,19H,1-11H2. The number of morpholine rings is 1. The zero-order chi connectivity index (χ0) is 14.7. The number of amides is 1. The van der Waals surface area contributed by atoms with E-state index in [9.17, 15) is 9.90 Å². The normalized spacial score (nSPS) is 32.5. The molecule has 0 aliphatic carbocycles. The van der Waals surface area contributed by atoms with Crippen molar-refractivity contribution in [1.82, 2.24) is 15.1 Å². The molecule has 0 saturated carbocycles. The Labute approximate surface area is 126 Å². The minimum atomic E-state index is -0.212. The van der Waals surface area contributed by atoms with Gasteiger partial charge in [0.15, 0.2) is 0 Å². The zero-order valence-electron chi connectivity index (χ0n) is 12.7. The smallest absolute Gasteiger partial charge is 0.240 e. The fraction of sp³-hybridized carbons (Fsp3) is 0.933. The largest absolute Gasteiger partial charge is 0.394 e. The third kappa shape index (κ3) is 3.39. The van der Waals surface area contributed by atoms with Gasteiger partial charge in [0.2, 0.25) is 5.91 Å². The van der Waals surface area contributed by atoms with Gasteiger partial charge < -0.3 is 20.1 Å². The van der Waals surface area contributed by atoms with E-state index in [4.69, 9.17) is 4.74 Å². The van der Waals surface area contributed by atoms with E-state index in [-0.39, 0.29) is 24.7 Å². The number of ether oxygens (including phenoxy) is 1. The second-order valence-electron chi connectivity index (χ2n) is 6.34. The number of nitrogens with one attached hydrogen (secondary N) is 1. The molecule has 0 radical (unpaired) electrons. The Kier molecular flexibility index (Phi) is 5.11. The number of hydrogen-bond donors (Lipinski definition) is 2. The predicted molar refractivity (Wildman–Crippen MR) is 79.0 cm³/mol. The van der Waals surface area contributed by atoms with Crippen LogP contribution in [0, 0.1) is 0 Å². The van der Waals surface area contributed by atoms with E-state index < -0.39 is 0 Å². The number of likely N-dealkylation sites (tertiary alicyclic amines) is 1. The van der Waals surface area contributed by atoms with Crippen LogP contribution in [-0.4, -0.2) is 84.9 Å². The first-order chi connectivity index (χ1) is 10.3. The third-order valence-corrected chi connectivity index (χ3v) is 5.01. The molecule has 21 heavy (non-hydrogen) atoms. The molecule has 2 N–H and O–H groups in total. The molecule has 120 valence electrons. The SMILES string of the molecule is O=C(C1CCCN1C1CCNCC1)N1CCOC(CO)C1. The van der Waals surface area contributed by atoms with Crippen molar-refractivity contribution in [2.24, 2.45) is 0 Å². The summed E-state index contributed by atoms with van der Waals surface area (Å²) in [7, 11) is 0. The molecule has 3 aliphatic rings. The van der Waals surface area contributed by atoms with Crippen LogP contribution in [-0.2, 0) is 9.53 Å². The maximum atomic E-state index is 12.8. The summed E-state index contributed by atoms with van der Waals surface area (Å²) in [6, 6.07) is 0.600. The highest BCUT2D eigenvalue weighted by molar-refractivity contribution is 5.82. The van der Waals surface area contributed by atoms with Gasteiger partial charge in [0.25, 0.3) is 0 Å². The van der Waals surface area contributed by atoms with E-state index in [1.165, 1.54) is 0 Å². The van der Waals surface area contributed by atoms with Gasteiger partial charge in [-0.2, -0.15) is 0 Å². The van der Waals surface area contributed by atoms with Crippen molar-refractivity contribution in [1.29, 1.82) is 0 Å². The van der Waals surface area contributed by atoms with Crippen LogP contribution in [0.25, 0.3) is 0 Å². The Morgan fingerprint density at radius 3 is 2.81 bits per heavy atom. The molecular formula is C15H27N3O3. The number of aliphatic hydroxyl groups is 1. The van der Waals surface area contributed by atoms with Gasteiger partial charge in [-0.15, -0.1) is 0 Å². The molecule has 0 aromatic rings. The van der Waals surface area contributed by atoms with Crippen molar-refractivity contribution < 1.29 is 14.6 Å². The molecule has 0 bridgehead atoms. The van der Waals surface area contributed by atoms with Gasteiger partial charge in [0, 0.05) is 19.1 Å². The van der Waals surface area contributed by atoms with Crippen molar-refractivity contribution in [2.75, 3.05) is 45.9 Å². The molecule has 6 nitrogen and oxygen atoms in total. The van der Waals surface area contributed by atoms with Crippen LogP contribution in [0.5, 0.6) is 0 Å². The number of nitrogens with zero attached hydrogens (tertiary/aromatic N) is 2. The average Bonchev–Trinajstić information content (AvgIpc) is 3.04. The second-order valence-corrected chi connectivity index (χ2v) is 6.34. The summed E-state index contributed by atoms with van der Waals surface area (Å²) in [4.78, 5) is 17.2. The highest BCUT2D eigenvalue weighted by Gasteiger charge is 2.38. The van der Waals surface area contributed by atoms with Crippen molar-refractivity contribution in [2.45, 2.75) is 43.9 Å². The molecule has 1 amide bonds. The molecule has 3 aliphatic heterocycles. The minimum Gasteiger partial charge on any atom is -0.394 e. The van der Waals surface area contributed by atoms with Crippen LogP contribution >= 0.6 is 0 Å². The molecule has 0 aromatic heterocycles. The van der Waals surface area contributed by atoms with Gasteiger partial charge in [0.1, 0.15) is 0 Å². The van der Waals surface area contributed by atoms with Crippen LogP contribution < -0.4 is 5.32 Å². The van der Waals surface area contributed by atoms with Gasteiger partial charge in [-0.25, -0.2) is 0 Å². The van der Waals surface area contributed by atoms with Gasteiger partial charge in [-0.1, -0.05) is 0 Å². The topological polar surface area (TPSA) is 65.0 Å². The third-order valence-electron chi connectivity index (χ3n) is 5.01. The maximum Gasteiger partial charge on any atom is 0.240 e. The molecule has 3 heterocycles. The lowest BCUT2D eigenvalue weighted by atomic mass is 10.0. The molecule has 0 aromatic carbocycles. The Morgan fingerprint density at radius 2 is 2.05 bits per heavy atom. The van der Waals surface area contributed by atoms with Crippen LogP contribution in [0.15, 0.2) is 0 Å². The first kappa shape index (κ1) is 15.2. The molecule has 6 heteroatoms. The van der Waals surface area contributed by atoms with E-state index in [1.54, 1.807) is 0 Å². The lowest BCUT2D eigenvalue weighted by Gasteiger charge is -2.39. The van der Waals surface area contributed by atoms with Crippen LogP contribution in [0.3, 0.4) is 0 Å². The number of rotatable bonds is 3. The van der Waals surface area contributed by atoms with E-state index in [0.717, 1.165) is 45.3 Å². The Balaban J connectivity index is 1.62. The summed E-state index contributed by atoms with van der Waals surface area (Å²) in [6.45, 7) is 4.90. The van der Waals surface area contributed by atoms with Gasteiger partial charge in [0.05, 0.1) is 25.4 Å². The van der Waals surface area contributed by atoms with Gasteiger partial charge in [-0.3, -0.25) is 9.69 Å². The monoisotopic (exact) mass is 297 g/mol. The summed E-state index contributed by atoms with van der Waals surface area (Å²) in [5, 5.41) is 12.6. The summed E-state index contributed by atoms with van der Waals surface area (Å²) < 4.78 is 5.45. The van der Waals surface area contributed by atoms with E-state index in [2.05, 4.69) is 10.2 Å². The zero-order valence-corrected chi connectivity index (χ0v) is 12.7. The van der Waals surface area contributed by atoms with Crippen LogP contribution in [0.2, 0.25) is 0 Å². The number of piperidine rings is 1. The van der Waals surface area contributed by atoms with E-state index in [0.29, 0.717) is 25.7 Å². The quantitative estimate of drug-likeness (QED) is 0.730. The van der Waals surface area contributed by atoms with E-state index in [1.807, 2.05) is 4.90 Å². The molecular weight excluding hydrogens is 270 g/mol. The van der Waals surface area contributed by atoms with Crippen molar-refractivity contribution in [3.8, 4) is 0 Å². The summed E-state index contributed by atoms with van der Waals surface area (Å²) in [5.41, 5.74) is 0. The van der Waals surface area contributed by atoms with Crippen molar-refractivity contribution >= 4 is 5.91 Å².